The van der Waals surface area contributed by atoms with E-state index in [2.05, 4.69) is 5.32 Å². The fraction of sp³-hybridized carbons (Fsp3) is 0.333. The van der Waals surface area contributed by atoms with E-state index in [0.29, 0.717) is 5.69 Å². The smallest absolute Gasteiger partial charge is 0.411 e. The van der Waals surface area contributed by atoms with Crippen molar-refractivity contribution in [3.63, 3.8) is 0 Å². The predicted octanol–water partition coefficient (Wildman–Crippen LogP) is 2.17. The van der Waals surface area contributed by atoms with Gasteiger partial charge >= 0.3 is 12.1 Å². The first-order valence-electron chi connectivity index (χ1n) is 5.46. The molecule has 0 radical (unpaired) electrons. The molecule has 4 N–H and O–H groups in total. The number of carboxylic acid groups (broad SMARTS) is 1. The Balaban J connectivity index is 2.79. The van der Waals surface area contributed by atoms with Crippen LogP contribution in [0.25, 0.3) is 0 Å². The highest BCUT2D eigenvalue weighted by molar-refractivity contribution is 5.99. The molecule has 1 aromatic rings. The predicted molar refractivity (Wildman–Crippen MR) is 67.6 cm³/mol. The monoisotopic (exact) mass is 252 g/mol. The quantitative estimate of drug-likeness (QED) is 0.713. The number of rotatable bonds is 4. The molecule has 0 aromatic heterocycles. The van der Waals surface area contributed by atoms with Crippen LogP contribution < -0.4 is 11.1 Å². The van der Waals surface area contributed by atoms with Crippen molar-refractivity contribution >= 4 is 23.4 Å². The second kappa shape index (κ2) is 5.90. The molecule has 6 nitrogen and oxygen atoms in total. The second-order valence-electron chi connectivity index (χ2n) is 4.23. The maximum atomic E-state index is 11.4. The molecule has 0 aliphatic rings. The van der Waals surface area contributed by atoms with Gasteiger partial charge in [-0.3, -0.25) is 5.32 Å². The lowest BCUT2D eigenvalue weighted by molar-refractivity contribution is 0.0698. The molecule has 1 aromatic carbocycles. The van der Waals surface area contributed by atoms with E-state index in [1.54, 1.807) is 0 Å². The first kappa shape index (κ1) is 13.8. The van der Waals surface area contributed by atoms with Gasteiger partial charge in [0, 0.05) is 5.69 Å². The number of nitrogen functional groups attached to an aromatic ring is 1. The maximum absolute atomic E-state index is 11.4. The number of aromatic carboxylic acids is 1. The largest absolute Gasteiger partial charge is 0.478 e. The van der Waals surface area contributed by atoms with E-state index in [-0.39, 0.29) is 23.8 Å². The molecule has 0 saturated carbocycles. The first-order chi connectivity index (χ1) is 8.40. The van der Waals surface area contributed by atoms with Crippen molar-refractivity contribution < 1.29 is 19.4 Å². The SMILES string of the molecule is CC(C)COC(=O)Nc1cc(N)ccc1C(=O)O. The number of carboxylic acids is 1. The Morgan fingerprint density at radius 2 is 2.11 bits per heavy atom. The summed E-state index contributed by atoms with van der Waals surface area (Å²) in [5, 5.41) is 11.3. The number of amides is 1. The van der Waals surface area contributed by atoms with Gasteiger partial charge in [0.1, 0.15) is 0 Å². The molecule has 0 atom stereocenters. The van der Waals surface area contributed by atoms with Gasteiger partial charge in [-0.2, -0.15) is 0 Å². The molecule has 6 heteroatoms. The van der Waals surface area contributed by atoms with Crippen LogP contribution in [-0.2, 0) is 4.74 Å². The Hall–Kier alpha value is -2.24. The number of carbonyl (C=O) groups is 2. The Kier molecular flexibility index (Phi) is 4.53. The minimum Gasteiger partial charge on any atom is -0.478 e. The van der Waals surface area contributed by atoms with Gasteiger partial charge in [0.15, 0.2) is 0 Å². The van der Waals surface area contributed by atoms with Gasteiger partial charge in [0.25, 0.3) is 0 Å². The lowest BCUT2D eigenvalue weighted by Gasteiger charge is -2.11. The summed E-state index contributed by atoms with van der Waals surface area (Å²) in [5.41, 5.74) is 5.99. The van der Waals surface area contributed by atoms with Gasteiger partial charge < -0.3 is 15.6 Å². The summed E-state index contributed by atoms with van der Waals surface area (Å²) in [6.07, 6.45) is -0.697. The summed E-state index contributed by atoms with van der Waals surface area (Å²) in [5.74, 6) is -0.940. The van der Waals surface area contributed by atoms with Gasteiger partial charge in [-0.25, -0.2) is 9.59 Å². The number of benzene rings is 1. The average molecular weight is 252 g/mol. The molecule has 1 rings (SSSR count). The summed E-state index contributed by atoms with van der Waals surface area (Å²) in [4.78, 5) is 22.4. The summed E-state index contributed by atoms with van der Waals surface area (Å²) in [6, 6.07) is 4.16. The third-order valence-corrected chi connectivity index (χ3v) is 2.06. The van der Waals surface area contributed by atoms with Crippen LogP contribution in [0.1, 0.15) is 24.2 Å². The lowest BCUT2D eigenvalue weighted by Crippen LogP contribution is -2.18. The number of ether oxygens (including phenoxy) is 1. The zero-order valence-electron chi connectivity index (χ0n) is 10.3. The highest BCUT2D eigenvalue weighted by atomic mass is 16.5. The summed E-state index contributed by atoms with van der Waals surface area (Å²) in [7, 11) is 0. The van der Waals surface area contributed by atoms with E-state index in [1.165, 1.54) is 18.2 Å². The topological polar surface area (TPSA) is 102 Å². The Labute approximate surface area is 105 Å². The van der Waals surface area contributed by atoms with Gasteiger partial charge in [0.05, 0.1) is 17.9 Å². The molecule has 0 spiro atoms. The third-order valence-electron chi connectivity index (χ3n) is 2.06. The lowest BCUT2D eigenvalue weighted by atomic mass is 10.1. The van der Waals surface area contributed by atoms with E-state index in [9.17, 15) is 9.59 Å². The van der Waals surface area contributed by atoms with Crippen LogP contribution in [0.15, 0.2) is 18.2 Å². The molecule has 0 heterocycles. The highest BCUT2D eigenvalue weighted by Gasteiger charge is 2.13. The number of nitrogens with two attached hydrogens (primary N) is 1. The molecule has 0 aliphatic carbocycles. The van der Waals surface area contributed by atoms with Gasteiger partial charge in [0.2, 0.25) is 0 Å². The molecule has 0 unspecified atom stereocenters. The Morgan fingerprint density at radius 1 is 1.44 bits per heavy atom. The molecule has 1 amide bonds. The summed E-state index contributed by atoms with van der Waals surface area (Å²) in [6.45, 7) is 4.06. The molecule has 0 fully saturated rings. The van der Waals surface area contributed by atoms with E-state index >= 15 is 0 Å². The summed E-state index contributed by atoms with van der Waals surface area (Å²) >= 11 is 0. The van der Waals surface area contributed by atoms with Crippen LogP contribution in [-0.4, -0.2) is 23.8 Å². The fourth-order valence-corrected chi connectivity index (χ4v) is 1.24. The van der Waals surface area contributed by atoms with Crippen LogP contribution >= 0.6 is 0 Å². The van der Waals surface area contributed by atoms with Crippen LogP contribution in [0, 0.1) is 5.92 Å². The number of nitrogens with one attached hydrogen (secondary N) is 1. The molecule has 18 heavy (non-hydrogen) atoms. The van der Waals surface area contributed by atoms with Crippen molar-refractivity contribution in [2.45, 2.75) is 13.8 Å². The maximum Gasteiger partial charge on any atom is 0.411 e. The molecule has 0 aliphatic heterocycles. The molecule has 98 valence electrons. The van der Waals surface area contributed by atoms with Crippen LogP contribution in [0.2, 0.25) is 0 Å². The fourth-order valence-electron chi connectivity index (χ4n) is 1.24. The zero-order valence-corrected chi connectivity index (χ0v) is 10.3. The average Bonchev–Trinajstić information content (AvgIpc) is 2.26. The van der Waals surface area contributed by atoms with Crippen molar-refractivity contribution in [2.24, 2.45) is 5.92 Å². The third kappa shape index (κ3) is 3.97. The molecular formula is C12H16N2O4. The van der Waals surface area contributed by atoms with Crippen LogP contribution in [0.5, 0.6) is 0 Å². The van der Waals surface area contributed by atoms with Gasteiger partial charge in [-0.05, 0) is 24.1 Å². The normalized spacial score (nSPS) is 10.2. The van der Waals surface area contributed by atoms with Crippen LogP contribution in [0.3, 0.4) is 0 Å². The van der Waals surface area contributed by atoms with Crippen LogP contribution in [0.4, 0.5) is 16.2 Å². The molecular weight excluding hydrogens is 236 g/mol. The zero-order chi connectivity index (χ0) is 13.7. The minimum atomic E-state index is -1.14. The number of carbonyl (C=O) groups excluding carboxylic acids is 1. The number of hydrogen-bond acceptors (Lipinski definition) is 4. The van der Waals surface area contributed by atoms with Crippen molar-refractivity contribution in [1.29, 1.82) is 0 Å². The number of anilines is 2. The first-order valence-corrected chi connectivity index (χ1v) is 5.46. The van der Waals surface area contributed by atoms with E-state index < -0.39 is 12.1 Å². The van der Waals surface area contributed by atoms with E-state index in [1.807, 2.05) is 13.8 Å². The van der Waals surface area contributed by atoms with E-state index in [0.717, 1.165) is 0 Å². The van der Waals surface area contributed by atoms with Gasteiger partial charge in [-0.15, -0.1) is 0 Å². The number of hydrogen-bond donors (Lipinski definition) is 3. The highest BCUT2D eigenvalue weighted by Crippen LogP contribution is 2.19. The van der Waals surface area contributed by atoms with Crippen molar-refractivity contribution in [2.75, 3.05) is 17.7 Å². The molecule has 0 saturated heterocycles. The second-order valence-corrected chi connectivity index (χ2v) is 4.23. The van der Waals surface area contributed by atoms with Crippen molar-refractivity contribution in [3.8, 4) is 0 Å². The van der Waals surface area contributed by atoms with E-state index in [4.69, 9.17) is 15.6 Å². The van der Waals surface area contributed by atoms with Crippen molar-refractivity contribution in [1.82, 2.24) is 0 Å². The van der Waals surface area contributed by atoms with Gasteiger partial charge in [-0.1, -0.05) is 13.8 Å². The Bertz CT molecular complexity index is 457. The standard InChI is InChI=1S/C12H16N2O4/c1-7(2)6-18-12(17)14-10-5-8(13)3-4-9(10)11(15)16/h3-5,7H,6,13H2,1-2H3,(H,14,17)(H,15,16). The summed E-state index contributed by atoms with van der Waals surface area (Å²) < 4.78 is 4.90. The minimum absolute atomic E-state index is 0.0364. The Morgan fingerprint density at radius 3 is 2.67 bits per heavy atom. The molecule has 0 bridgehead atoms. The van der Waals surface area contributed by atoms with Crippen molar-refractivity contribution in [3.05, 3.63) is 23.8 Å².